The van der Waals surface area contributed by atoms with E-state index in [9.17, 15) is 4.79 Å². The van der Waals surface area contributed by atoms with Crippen LogP contribution in [-0.4, -0.2) is 49.9 Å². The molecule has 1 heterocycles. The highest BCUT2D eigenvalue weighted by molar-refractivity contribution is 6.01. The number of methoxy groups -OCH3 is 2. The van der Waals surface area contributed by atoms with Crippen LogP contribution in [0.1, 0.15) is 40.3 Å². The minimum Gasteiger partial charge on any atom is -0.497 e. The molecule has 0 radical (unpaired) electrons. The van der Waals surface area contributed by atoms with Gasteiger partial charge in [0.2, 0.25) is 5.90 Å². The molecule has 0 spiro atoms. The van der Waals surface area contributed by atoms with Gasteiger partial charge in [-0.05, 0) is 64.2 Å². The fourth-order valence-corrected chi connectivity index (χ4v) is 5.50. The Morgan fingerprint density at radius 2 is 1.64 bits per heavy atom. The molecule has 0 aliphatic carbocycles. The first-order valence-electron chi connectivity index (χ1n) is 15.2. The summed E-state index contributed by atoms with van der Waals surface area (Å²) >= 11 is 0. The van der Waals surface area contributed by atoms with Crippen molar-refractivity contribution in [3.8, 4) is 17.2 Å². The van der Waals surface area contributed by atoms with Gasteiger partial charge in [0, 0.05) is 42.5 Å². The van der Waals surface area contributed by atoms with E-state index in [4.69, 9.17) is 34.6 Å². The van der Waals surface area contributed by atoms with Crippen LogP contribution in [0.2, 0.25) is 0 Å². The number of carbonyl (C=O) groups excluding carboxylic acids is 1. The second kappa shape index (κ2) is 15.7. The van der Waals surface area contributed by atoms with E-state index < -0.39 is 11.6 Å². The van der Waals surface area contributed by atoms with E-state index >= 15 is 0 Å². The fraction of sp³-hybridized carbons (Fsp3) is 0.278. The summed E-state index contributed by atoms with van der Waals surface area (Å²) in [4.78, 5) is 22.7. The summed E-state index contributed by atoms with van der Waals surface area (Å²) in [6.45, 7) is 0.742. The third kappa shape index (κ3) is 7.84. The molecule has 0 bridgehead atoms. The van der Waals surface area contributed by atoms with E-state index in [0.29, 0.717) is 41.7 Å². The van der Waals surface area contributed by atoms with Gasteiger partial charge in [0.15, 0.2) is 11.6 Å². The molecule has 1 aliphatic rings. The Labute approximate surface area is 273 Å². The zero-order chi connectivity index (χ0) is 33.1. The van der Waals surface area contributed by atoms with Gasteiger partial charge < -0.3 is 29.4 Å². The number of nitrogens with zero attached hydrogens (tertiary/aromatic N) is 4. The molecule has 5 rings (SSSR count). The molecule has 47 heavy (non-hydrogen) atoms. The number of aliphatic hydroxyl groups is 1. The average molecular weight is 636 g/mol. The first kappa shape index (κ1) is 32.9. The molecule has 0 unspecified atom stereocenters. The lowest BCUT2D eigenvalue weighted by Gasteiger charge is -2.31. The van der Waals surface area contributed by atoms with Crippen LogP contribution in [-0.2, 0) is 29.0 Å². The molecule has 1 aliphatic heterocycles. The van der Waals surface area contributed by atoms with E-state index in [1.165, 1.54) is 0 Å². The maximum absolute atomic E-state index is 14.7. The Bertz CT molecular complexity index is 1720. The lowest BCUT2D eigenvalue weighted by molar-refractivity contribution is -0.129. The highest BCUT2D eigenvalue weighted by atomic mass is 16.5. The van der Waals surface area contributed by atoms with Crippen LogP contribution in [0.15, 0.2) is 107 Å². The largest absolute Gasteiger partial charge is 0.497 e. The number of hydrogen-bond donors (Lipinski definition) is 2. The second-order valence-electron chi connectivity index (χ2n) is 10.9. The maximum Gasteiger partial charge on any atom is 0.252 e. The lowest BCUT2D eigenvalue weighted by atomic mass is 9.81. The molecule has 242 valence electrons. The average Bonchev–Trinajstić information content (AvgIpc) is 3.51. The van der Waals surface area contributed by atoms with E-state index in [1.54, 1.807) is 20.3 Å². The molecule has 11 nitrogen and oxygen atoms in total. The highest BCUT2D eigenvalue weighted by Gasteiger charge is 2.53. The van der Waals surface area contributed by atoms with Crippen LogP contribution in [0.5, 0.6) is 17.2 Å². The van der Waals surface area contributed by atoms with E-state index in [2.05, 4.69) is 15.3 Å². The predicted octanol–water partition coefficient (Wildman–Crippen LogP) is 6.09. The van der Waals surface area contributed by atoms with Gasteiger partial charge in [-0.2, -0.15) is 0 Å². The van der Waals surface area contributed by atoms with Crippen LogP contribution in [0, 0.1) is 0 Å². The van der Waals surface area contributed by atoms with Crippen molar-refractivity contribution in [3.63, 3.8) is 0 Å². The molecular formula is C36H37N5O6. The van der Waals surface area contributed by atoms with Crippen molar-refractivity contribution in [1.82, 2.24) is 5.32 Å². The number of ether oxygens (including phenoxy) is 4. The van der Waals surface area contributed by atoms with Gasteiger partial charge in [-0.1, -0.05) is 59.7 Å². The van der Waals surface area contributed by atoms with Crippen molar-refractivity contribution in [2.75, 3.05) is 27.4 Å². The molecule has 2 N–H and O–H groups in total. The van der Waals surface area contributed by atoms with E-state index in [-0.39, 0.29) is 32.0 Å². The van der Waals surface area contributed by atoms with Crippen LogP contribution in [0.3, 0.4) is 0 Å². The van der Waals surface area contributed by atoms with E-state index in [1.807, 2.05) is 91.0 Å². The molecule has 0 saturated carbocycles. The summed E-state index contributed by atoms with van der Waals surface area (Å²) in [5.41, 5.74) is 11.4. The van der Waals surface area contributed by atoms with Crippen LogP contribution in [0.25, 0.3) is 10.4 Å². The van der Waals surface area contributed by atoms with Crippen molar-refractivity contribution in [2.45, 2.75) is 37.6 Å². The predicted molar refractivity (Wildman–Crippen MR) is 178 cm³/mol. The highest BCUT2D eigenvalue weighted by Crippen LogP contribution is 2.43. The van der Waals surface area contributed by atoms with Crippen molar-refractivity contribution >= 4 is 11.8 Å². The van der Waals surface area contributed by atoms with Gasteiger partial charge in [0.05, 0.1) is 27.4 Å². The first-order chi connectivity index (χ1) is 23.0. The Morgan fingerprint density at radius 1 is 0.957 bits per heavy atom. The minimum absolute atomic E-state index is 0.0467. The van der Waals surface area contributed by atoms with Crippen molar-refractivity contribution < 1.29 is 28.8 Å². The van der Waals surface area contributed by atoms with Gasteiger partial charge >= 0.3 is 0 Å². The first-order valence-corrected chi connectivity index (χ1v) is 15.2. The van der Waals surface area contributed by atoms with Gasteiger partial charge in [-0.25, -0.2) is 4.99 Å². The number of rotatable bonds is 15. The summed E-state index contributed by atoms with van der Waals surface area (Å²) in [5.74, 6) is 1.82. The molecule has 0 aromatic heterocycles. The maximum atomic E-state index is 14.7. The Kier molecular flexibility index (Phi) is 11.0. The van der Waals surface area contributed by atoms with Gasteiger partial charge in [0.25, 0.3) is 5.91 Å². The van der Waals surface area contributed by atoms with E-state index in [0.717, 1.165) is 22.3 Å². The number of nitrogens with one attached hydrogen (secondary N) is 1. The standard InChI is InChI=1S/C36H37N5O6/c1-44-31-19-25(20-32(21-31)45-2)23-38-35(43)36(22-28-11-6-7-12-29(28)24-39-41-37)33(26-9-4-3-5-10-26)47-34(40-36)27-13-15-30(16-14-27)46-18-8-17-42/h3-7,9-16,19-21,33,42H,8,17-18,22-24H2,1-2H3,(H,38,43)/t33-,36-/m1/s1. The third-order valence-electron chi connectivity index (χ3n) is 7.88. The van der Waals surface area contributed by atoms with Gasteiger partial charge in [-0.3, -0.25) is 4.79 Å². The molecular weight excluding hydrogens is 598 g/mol. The molecule has 11 heteroatoms. The van der Waals surface area contributed by atoms with Gasteiger partial charge in [0.1, 0.15) is 17.2 Å². The number of hydrogen-bond acceptors (Lipinski definition) is 8. The molecule has 0 saturated heterocycles. The summed E-state index contributed by atoms with van der Waals surface area (Å²) in [5, 5.41) is 16.0. The molecule has 2 atom stereocenters. The Hall–Kier alpha value is -5.51. The zero-order valence-electron chi connectivity index (χ0n) is 26.3. The number of carbonyl (C=O) groups is 1. The number of aliphatic imine (C=N–C) groups is 1. The third-order valence-corrected chi connectivity index (χ3v) is 7.88. The van der Waals surface area contributed by atoms with Crippen molar-refractivity contribution in [2.24, 2.45) is 10.1 Å². The van der Waals surface area contributed by atoms with Crippen LogP contribution < -0.4 is 19.5 Å². The molecule has 1 amide bonds. The summed E-state index contributed by atoms with van der Waals surface area (Å²) < 4.78 is 23.2. The normalized spacial score (nSPS) is 16.7. The quantitative estimate of drug-likeness (QED) is 0.0699. The summed E-state index contributed by atoms with van der Waals surface area (Å²) in [6, 6.07) is 29.8. The number of benzene rings is 4. The number of amides is 1. The second-order valence-corrected chi connectivity index (χ2v) is 10.9. The summed E-state index contributed by atoms with van der Waals surface area (Å²) in [6.07, 6.45) is -0.0907. The minimum atomic E-state index is -1.44. The van der Waals surface area contributed by atoms with Crippen molar-refractivity contribution in [3.05, 3.63) is 135 Å². The number of azide groups is 1. The SMILES string of the molecule is COc1cc(CNC(=O)[C@]2(Cc3ccccc3CN=[N+]=[N-])N=C(c3ccc(OCCCO)cc3)O[C@@H]2c2ccccc2)cc(OC)c1. The Morgan fingerprint density at radius 3 is 2.30 bits per heavy atom. The summed E-state index contributed by atoms with van der Waals surface area (Å²) in [7, 11) is 3.15. The smallest absolute Gasteiger partial charge is 0.252 e. The monoisotopic (exact) mass is 635 g/mol. The zero-order valence-corrected chi connectivity index (χ0v) is 26.3. The topological polar surface area (TPSA) is 147 Å². The van der Waals surface area contributed by atoms with Gasteiger partial charge in [-0.15, -0.1) is 0 Å². The molecule has 4 aromatic carbocycles. The fourth-order valence-electron chi connectivity index (χ4n) is 5.50. The number of aliphatic hydroxyl groups excluding tert-OH is 1. The molecule has 4 aromatic rings. The van der Waals surface area contributed by atoms with Crippen LogP contribution in [0.4, 0.5) is 0 Å². The Balaban J connectivity index is 1.58. The molecule has 0 fully saturated rings. The van der Waals surface area contributed by atoms with Crippen molar-refractivity contribution in [1.29, 1.82) is 0 Å². The van der Waals surface area contributed by atoms with Crippen LogP contribution >= 0.6 is 0 Å². The lowest BCUT2D eigenvalue weighted by Crippen LogP contribution is -2.49.